The van der Waals surface area contributed by atoms with Gasteiger partial charge in [0.1, 0.15) is 0 Å². The van der Waals surface area contributed by atoms with Crippen LogP contribution in [-0.2, 0) is 0 Å². The molecule has 21 heavy (non-hydrogen) atoms. The molecule has 0 amide bonds. The number of nitrogens with zero attached hydrogens (tertiary/aromatic N) is 1. The highest BCUT2D eigenvalue weighted by Crippen LogP contribution is 2.31. The molecule has 0 aromatic heterocycles. The van der Waals surface area contributed by atoms with Crippen LogP contribution < -0.4 is 5.32 Å². The number of aryl methyl sites for hydroxylation is 2. The third kappa shape index (κ3) is 4.08. The second-order valence-corrected chi connectivity index (χ2v) is 7.23. The van der Waals surface area contributed by atoms with E-state index < -0.39 is 0 Å². The Morgan fingerprint density at radius 3 is 2.62 bits per heavy atom. The normalized spacial score (nSPS) is 19.9. The van der Waals surface area contributed by atoms with Gasteiger partial charge in [-0.3, -0.25) is 4.90 Å². The lowest BCUT2D eigenvalue weighted by Crippen LogP contribution is -2.43. The van der Waals surface area contributed by atoms with Crippen molar-refractivity contribution >= 4 is 0 Å². The van der Waals surface area contributed by atoms with Crippen LogP contribution in [0, 0.1) is 13.8 Å². The predicted molar refractivity (Wildman–Crippen MR) is 91.8 cm³/mol. The first-order valence-corrected chi connectivity index (χ1v) is 8.49. The van der Waals surface area contributed by atoms with E-state index in [-0.39, 0.29) is 0 Å². The lowest BCUT2D eigenvalue weighted by atomic mass is 9.96. The third-order valence-electron chi connectivity index (χ3n) is 4.92. The summed E-state index contributed by atoms with van der Waals surface area (Å²) in [5.74, 6) is 0. The molecule has 1 unspecified atom stereocenters. The summed E-state index contributed by atoms with van der Waals surface area (Å²) in [6.07, 6.45) is 3.84. The van der Waals surface area contributed by atoms with Crippen molar-refractivity contribution in [3.8, 4) is 0 Å². The third-order valence-corrected chi connectivity index (χ3v) is 4.92. The highest BCUT2D eigenvalue weighted by molar-refractivity contribution is 5.33. The Hall–Kier alpha value is -0.860. The second-order valence-electron chi connectivity index (χ2n) is 7.23. The standard InChI is InChI=1S/C19H32N2/c1-6-11-20-18(14-21-12-7-10-19(21,4)5)17-9-8-15(2)13-16(17)3/h8-9,13,18,20H,6-7,10-12,14H2,1-5H3. The molecule has 1 aromatic rings. The van der Waals surface area contributed by atoms with Crippen LogP contribution in [-0.4, -0.2) is 30.1 Å². The Morgan fingerprint density at radius 1 is 1.29 bits per heavy atom. The number of hydrogen-bond donors (Lipinski definition) is 1. The maximum atomic E-state index is 3.77. The molecule has 1 heterocycles. The van der Waals surface area contributed by atoms with Gasteiger partial charge in [-0.25, -0.2) is 0 Å². The van der Waals surface area contributed by atoms with E-state index in [2.05, 4.69) is 63.0 Å². The maximum absolute atomic E-state index is 3.77. The van der Waals surface area contributed by atoms with Gasteiger partial charge in [0.25, 0.3) is 0 Å². The largest absolute Gasteiger partial charge is 0.309 e. The lowest BCUT2D eigenvalue weighted by molar-refractivity contribution is 0.156. The van der Waals surface area contributed by atoms with Crippen LogP contribution in [0.3, 0.4) is 0 Å². The first-order chi connectivity index (χ1) is 9.94. The molecule has 2 nitrogen and oxygen atoms in total. The summed E-state index contributed by atoms with van der Waals surface area (Å²) in [6.45, 7) is 14.9. The van der Waals surface area contributed by atoms with Gasteiger partial charge in [-0.15, -0.1) is 0 Å². The SMILES string of the molecule is CCCNC(CN1CCCC1(C)C)c1ccc(C)cc1C. The van der Waals surface area contributed by atoms with Crippen LogP contribution in [0.5, 0.6) is 0 Å². The van der Waals surface area contributed by atoms with Crippen molar-refractivity contribution in [3.05, 3.63) is 34.9 Å². The van der Waals surface area contributed by atoms with Gasteiger partial charge in [-0.2, -0.15) is 0 Å². The summed E-state index contributed by atoms with van der Waals surface area (Å²) in [4.78, 5) is 2.67. The smallest absolute Gasteiger partial charge is 0.0452 e. The summed E-state index contributed by atoms with van der Waals surface area (Å²) in [5, 5.41) is 3.77. The number of benzene rings is 1. The van der Waals surface area contributed by atoms with E-state index in [0.29, 0.717) is 11.6 Å². The fourth-order valence-corrected chi connectivity index (χ4v) is 3.53. The van der Waals surface area contributed by atoms with Crippen LogP contribution in [0.2, 0.25) is 0 Å². The van der Waals surface area contributed by atoms with E-state index in [0.717, 1.165) is 13.1 Å². The van der Waals surface area contributed by atoms with Crippen LogP contribution in [0.4, 0.5) is 0 Å². The van der Waals surface area contributed by atoms with Crippen molar-refractivity contribution in [2.24, 2.45) is 0 Å². The van der Waals surface area contributed by atoms with Gasteiger partial charge in [-0.05, 0) is 71.2 Å². The molecular weight excluding hydrogens is 256 g/mol. The monoisotopic (exact) mass is 288 g/mol. The molecule has 1 atom stereocenters. The minimum Gasteiger partial charge on any atom is -0.309 e. The van der Waals surface area contributed by atoms with Gasteiger partial charge in [0.05, 0.1) is 0 Å². The quantitative estimate of drug-likeness (QED) is 0.843. The molecule has 1 aromatic carbocycles. The molecule has 118 valence electrons. The summed E-state index contributed by atoms with van der Waals surface area (Å²) < 4.78 is 0. The van der Waals surface area contributed by atoms with Crippen LogP contribution in [0.1, 0.15) is 62.8 Å². The summed E-state index contributed by atoms with van der Waals surface area (Å²) in [7, 11) is 0. The zero-order valence-electron chi connectivity index (χ0n) is 14.5. The Kier molecular flexibility index (Phi) is 5.45. The number of likely N-dealkylation sites (tertiary alicyclic amines) is 1. The highest BCUT2D eigenvalue weighted by atomic mass is 15.2. The summed E-state index contributed by atoms with van der Waals surface area (Å²) >= 11 is 0. The van der Waals surface area contributed by atoms with Crippen LogP contribution in [0.25, 0.3) is 0 Å². The van der Waals surface area contributed by atoms with Gasteiger partial charge >= 0.3 is 0 Å². The molecular formula is C19H32N2. The predicted octanol–water partition coefficient (Wildman–Crippen LogP) is 4.22. The van der Waals surface area contributed by atoms with Gasteiger partial charge in [0.15, 0.2) is 0 Å². The molecule has 2 rings (SSSR count). The first-order valence-electron chi connectivity index (χ1n) is 8.49. The Bertz CT molecular complexity index is 465. The lowest BCUT2D eigenvalue weighted by Gasteiger charge is -2.35. The first kappa shape index (κ1) is 16.5. The Labute approximate surface area is 130 Å². The molecule has 1 aliphatic heterocycles. The molecule has 0 aliphatic carbocycles. The fourth-order valence-electron chi connectivity index (χ4n) is 3.53. The van der Waals surface area contributed by atoms with Crippen LogP contribution >= 0.6 is 0 Å². The topological polar surface area (TPSA) is 15.3 Å². The molecule has 0 spiro atoms. The maximum Gasteiger partial charge on any atom is 0.0452 e. The van der Waals surface area contributed by atoms with Crippen molar-refractivity contribution < 1.29 is 0 Å². The van der Waals surface area contributed by atoms with Crippen molar-refractivity contribution in [3.63, 3.8) is 0 Å². The zero-order valence-corrected chi connectivity index (χ0v) is 14.5. The zero-order chi connectivity index (χ0) is 15.5. The molecule has 0 bridgehead atoms. The van der Waals surface area contributed by atoms with Crippen LogP contribution in [0.15, 0.2) is 18.2 Å². The highest BCUT2D eigenvalue weighted by Gasteiger charge is 2.33. The van der Waals surface area contributed by atoms with Gasteiger partial charge in [0.2, 0.25) is 0 Å². The average molecular weight is 288 g/mol. The van der Waals surface area contributed by atoms with E-state index in [1.165, 1.54) is 42.5 Å². The number of hydrogen-bond acceptors (Lipinski definition) is 2. The summed E-state index contributed by atoms with van der Waals surface area (Å²) in [6, 6.07) is 7.33. The Morgan fingerprint density at radius 2 is 2.05 bits per heavy atom. The average Bonchev–Trinajstić information content (AvgIpc) is 2.74. The number of rotatable bonds is 6. The second kappa shape index (κ2) is 6.93. The van der Waals surface area contributed by atoms with E-state index in [1.807, 2.05) is 0 Å². The van der Waals surface area contributed by atoms with Gasteiger partial charge < -0.3 is 5.32 Å². The minimum absolute atomic E-state index is 0.352. The molecule has 0 radical (unpaired) electrons. The molecule has 1 aliphatic rings. The van der Waals surface area contributed by atoms with E-state index in [4.69, 9.17) is 0 Å². The summed E-state index contributed by atoms with van der Waals surface area (Å²) in [5.41, 5.74) is 4.59. The van der Waals surface area contributed by atoms with Crippen molar-refractivity contribution in [1.82, 2.24) is 10.2 Å². The van der Waals surface area contributed by atoms with E-state index in [9.17, 15) is 0 Å². The molecule has 1 N–H and O–H groups in total. The van der Waals surface area contributed by atoms with Crippen molar-refractivity contribution in [2.45, 2.75) is 65.5 Å². The Balaban J connectivity index is 2.17. The van der Waals surface area contributed by atoms with E-state index >= 15 is 0 Å². The molecule has 1 saturated heterocycles. The minimum atomic E-state index is 0.352. The fraction of sp³-hybridized carbons (Fsp3) is 0.684. The van der Waals surface area contributed by atoms with Gasteiger partial charge in [0, 0.05) is 18.1 Å². The van der Waals surface area contributed by atoms with E-state index in [1.54, 1.807) is 0 Å². The molecule has 1 fully saturated rings. The van der Waals surface area contributed by atoms with Crippen molar-refractivity contribution in [2.75, 3.05) is 19.6 Å². The van der Waals surface area contributed by atoms with Crippen molar-refractivity contribution in [1.29, 1.82) is 0 Å². The molecule has 0 saturated carbocycles. The molecule has 2 heteroatoms. The van der Waals surface area contributed by atoms with Gasteiger partial charge in [-0.1, -0.05) is 30.7 Å². The number of nitrogens with one attached hydrogen (secondary N) is 1.